The molecule has 0 spiro atoms. The van der Waals surface area contributed by atoms with Gasteiger partial charge < -0.3 is 14.6 Å². The zero-order valence-corrected chi connectivity index (χ0v) is 14.1. The van der Waals surface area contributed by atoms with E-state index in [0.717, 1.165) is 43.9 Å². The minimum atomic E-state index is 0.161. The van der Waals surface area contributed by atoms with Gasteiger partial charge in [-0.1, -0.05) is 18.2 Å². The van der Waals surface area contributed by atoms with Gasteiger partial charge in [0.2, 0.25) is 5.91 Å². The number of likely N-dealkylation sites (tertiary alicyclic amines) is 1. The Bertz CT molecular complexity index is 690. The third-order valence-corrected chi connectivity index (χ3v) is 4.80. The number of carbonyl (C=O) groups excluding carboxylic acids is 1. The maximum atomic E-state index is 12.4. The zero-order valence-electron chi connectivity index (χ0n) is 14.1. The summed E-state index contributed by atoms with van der Waals surface area (Å²) in [5.41, 5.74) is 0.830. The number of phenols is 1. The highest BCUT2D eigenvalue weighted by atomic mass is 16.3. The highest BCUT2D eigenvalue weighted by Gasteiger charge is 2.26. The van der Waals surface area contributed by atoms with Crippen molar-refractivity contribution in [3.8, 4) is 5.75 Å². The molecule has 1 N–H and O–H groups in total. The van der Waals surface area contributed by atoms with Crippen molar-refractivity contribution < 1.29 is 9.90 Å². The predicted octanol–water partition coefficient (Wildman–Crippen LogP) is 2.34. The van der Waals surface area contributed by atoms with E-state index in [1.807, 2.05) is 17.0 Å². The second-order valence-electron chi connectivity index (χ2n) is 6.26. The maximum Gasteiger partial charge on any atom is 0.222 e. The predicted molar refractivity (Wildman–Crippen MR) is 90.7 cm³/mol. The molecule has 1 aromatic carbocycles. The molecular formula is C18H24N4O2. The summed E-state index contributed by atoms with van der Waals surface area (Å²) >= 11 is 0. The van der Waals surface area contributed by atoms with Gasteiger partial charge >= 0.3 is 0 Å². The number of hydrogen-bond acceptors (Lipinski definition) is 4. The van der Waals surface area contributed by atoms with Crippen molar-refractivity contribution in [3.05, 3.63) is 42.0 Å². The first-order valence-electron chi connectivity index (χ1n) is 8.61. The maximum absolute atomic E-state index is 12.4. The van der Waals surface area contributed by atoms with Crippen molar-refractivity contribution in [3.63, 3.8) is 0 Å². The summed E-state index contributed by atoms with van der Waals surface area (Å²) in [6.07, 6.45) is 4.66. The largest absolute Gasteiger partial charge is 0.508 e. The summed E-state index contributed by atoms with van der Waals surface area (Å²) in [4.78, 5) is 14.3. The minimum absolute atomic E-state index is 0.161. The van der Waals surface area contributed by atoms with Crippen LogP contribution in [0.5, 0.6) is 5.75 Å². The fourth-order valence-electron chi connectivity index (χ4n) is 3.33. The molecule has 1 aliphatic rings. The van der Waals surface area contributed by atoms with Crippen molar-refractivity contribution in [2.75, 3.05) is 13.1 Å². The van der Waals surface area contributed by atoms with E-state index in [2.05, 4.69) is 21.7 Å². The van der Waals surface area contributed by atoms with Crippen molar-refractivity contribution in [1.29, 1.82) is 0 Å². The first kappa shape index (κ1) is 16.5. The lowest BCUT2D eigenvalue weighted by atomic mass is 9.95. The molecule has 2 heterocycles. The van der Waals surface area contributed by atoms with E-state index >= 15 is 0 Å². The van der Waals surface area contributed by atoms with Crippen LogP contribution in [0, 0.1) is 0 Å². The third-order valence-electron chi connectivity index (χ3n) is 4.80. The molecule has 24 heavy (non-hydrogen) atoms. The fraction of sp³-hybridized carbons (Fsp3) is 0.500. The lowest BCUT2D eigenvalue weighted by Crippen LogP contribution is -2.38. The van der Waals surface area contributed by atoms with E-state index < -0.39 is 0 Å². The van der Waals surface area contributed by atoms with E-state index in [9.17, 15) is 9.90 Å². The smallest absolute Gasteiger partial charge is 0.222 e. The molecule has 1 fully saturated rings. The number of aromatic hydroxyl groups is 1. The quantitative estimate of drug-likeness (QED) is 0.914. The average Bonchev–Trinajstić information content (AvgIpc) is 3.09. The van der Waals surface area contributed by atoms with Gasteiger partial charge in [0.05, 0.1) is 0 Å². The first-order valence-corrected chi connectivity index (χ1v) is 8.61. The molecule has 128 valence electrons. The number of amides is 1. The van der Waals surface area contributed by atoms with Crippen LogP contribution in [0.2, 0.25) is 0 Å². The topological polar surface area (TPSA) is 71.2 Å². The van der Waals surface area contributed by atoms with Gasteiger partial charge in [0.25, 0.3) is 0 Å². The summed E-state index contributed by atoms with van der Waals surface area (Å²) < 4.78 is 2.08. The highest BCUT2D eigenvalue weighted by Crippen LogP contribution is 2.27. The summed E-state index contributed by atoms with van der Waals surface area (Å²) in [7, 11) is 0. The van der Waals surface area contributed by atoms with Crippen LogP contribution in [0.1, 0.15) is 43.5 Å². The van der Waals surface area contributed by atoms with Crippen LogP contribution < -0.4 is 0 Å². The number of phenolic OH excluding ortho intramolecular Hbond substituents is 1. The van der Waals surface area contributed by atoms with E-state index in [1.165, 1.54) is 0 Å². The number of aromatic nitrogens is 3. The van der Waals surface area contributed by atoms with Crippen LogP contribution in [0.4, 0.5) is 0 Å². The monoisotopic (exact) mass is 328 g/mol. The Labute approximate surface area is 142 Å². The summed E-state index contributed by atoms with van der Waals surface area (Å²) in [6, 6.07) is 7.21. The molecule has 0 bridgehead atoms. The van der Waals surface area contributed by atoms with Gasteiger partial charge in [-0.3, -0.25) is 4.79 Å². The van der Waals surface area contributed by atoms with E-state index in [-0.39, 0.29) is 11.7 Å². The molecule has 2 aromatic rings. The van der Waals surface area contributed by atoms with Crippen LogP contribution >= 0.6 is 0 Å². The van der Waals surface area contributed by atoms with Gasteiger partial charge in [0.1, 0.15) is 17.9 Å². The average molecular weight is 328 g/mol. The Kier molecular flexibility index (Phi) is 5.13. The number of aryl methyl sites for hydroxylation is 2. The second-order valence-corrected chi connectivity index (χ2v) is 6.26. The van der Waals surface area contributed by atoms with E-state index in [4.69, 9.17) is 0 Å². The van der Waals surface area contributed by atoms with Crippen molar-refractivity contribution in [2.24, 2.45) is 0 Å². The first-order chi connectivity index (χ1) is 11.7. The van der Waals surface area contributed by atoms with Gasteiger partial charge in [0, 0.05) is 32.0 Å². The number of piperidine rings is 1. The Morgan fingerprint density at radius 2 is 2.04 bits per heavy atom. The van der Waals surface area contributed by atoms with E-state index in [0.29, 0.717) is 18.8 Å². The van der Waals surface area contributed by atoms with Crippen LogP contribution in [-0.4, -0.2) is 43.8 Å². The number of nitrogens with zero attached hydrogens (tertiary/aromatic N) is 4. The van der Waals surface area contributed by atoms with Crippen LogP contribution in [0.3, 0.4) is 0 Å². The van der Waals surface area contributed by atoms with Gasteiger partial charge in [-0.15, -0.1) is 10.2 Å². The number of benzene rings is 1. The lowest BCUT2D eigenvalue weighted by Gasteiger charge is -2.31. The van der Waals surface area contributed by atoms with Crippen LogP contribution in [0.15, 0.2) is 30.6 Å². The Hall–Kier alpha value is -2.37. The Morgan fingerprint density at radius 3 is 2.75 bits per heavy atom. The minimum Gasteiger partial charge on any atom is -0.508 e. The van der Waals surface area contributed by atoms with Gasteiger partial charge in [-0.25, -0.2) is 0 Å². The molecule has 6 nitrogen and oxygen atoms in total. The normalized spacial score (nSPS) is 15.6. The van der Waals surface area contributed by atoms with Gasteiger partial charge in [-0.2, -0.15) is 0 Å². The Balaban J connectivity index is 1.51. The summed E-state index contributed by atoms with van der Waals surface area (Å²) in [5, 5.41) is 18.0. The summed E-state index contributed by atoms with van der Waals surface area (Å²) in [5.74, 6) is 1.85. The molecule has 0 aliphatic carbocycles. The molecule has 1 aromatic heterocycles. The molecule has 0 saturated carbocycles. The molecule has 1 aliphatic heterocycles. The molecular weight excluding hydrogens is 304 g/mol. The van der Waals surface area contributed by atoms with Gasteiger partial charge in [0.15, 0.2) is 0 Å². The van der Waals surface area contributed by atoms with Crippen molar-refractivity contribution in [2.45, 2.75) is 45.1 Å². The zero-order chi connectivity index (χ0) is 16.9. The molecule has 1 saturated heterocycles. The molecule has 3 rings (SSSR count). The third kappa shape index (κ3) is 3.58. The molecule has 0 unspecified atom stereocenters. The standard InChI is InChI=1S/C18H24N4O2/c1-2-21-13-19-20-18(21)15-9-11-22(12-10-15)17(24)8-7-14-5-3-4-6-16(14)23/h3-6,13,15,23H,2,7-12H2,1H3. The van der Waals surface area contributed by atoms with Crippen molar-refractivity contribution in [1.82, 2.24) is 19.7 Å². The SMILES string of the molecule is CCn1cnnc1C1CCN(C(=O)CCc2ccccc2O)CC1. The van der Waals surface area contributed by atoms with Gasteiger partial charge in [-0.05, 0) is 37.8 Å². The van der Waals surface area contributed by atoms with Crippen LogP contribution in [0.25, 0.3) is 0 Å². The van der Waals surface area contributed by atoms with E-state index in [1.54, 1.807) is 18.5 Å². The number of rotatable bonds is 5. The molecule has 6 heteroatoms. The number of para-hydroxylation sites is 1. The number of carbonyl (C=O) groups is 1. The van der Waals surface area contributed by atoms with Crippen molar-refractivity contribution >= 4 is 5.91 Å². The molecule has 0 atom stereocenters. The molecule has 1 amide bonds. The summed E-state index contributed by atoms with van der Waals surface area (Å²) in [6.45, 7) is 4.49. The number of hydrogen-bond donors (Lipinski definition) is 1. The second kappa shape index (κ2) is 7.47. The van der Waals surface area contributed by atoms with Crippen LogP contribution in [-0.2, 0) is 17.8 Å². The fourth-order valence-corrected chi connectivity index (χ4v) is 3.33. The lowest BCUT2D eigenvalue weighted by molar-refractivity contribution is -0.132. The Morgan fingerprint density at radius 1 is 1.29 bits per heavy atom. The molecule has 0 radical (unpaired) electrons. The highest BCUT2D eigenvalue weighted by molar-refractivity contribution is 5.76.